The summed E-state index contributed by atoms with van der Waals surface area (Å²) < 4.78 is 0. The molecule has 3 fully saturated rings. The van der Waals surface area contributed by atoms with Gasteiger partial charge in [-0.15, -0.1) is 0 Å². The molecular weight excluding hydrogens is 350 g/mol. The second-order valence-corrected chi connectivity index (χ2v) is 8.22. The number of carbonyl (C=O) groups is 2. The van der Waals surface area contributed by atoms with Crippen molar-refractivity contribution in [3.8, 4) is 0 Å². The third-order valence-corrected chi connectivity index (χ3v) is 6.81. The first-order valence-corrected chi connectivity index (χ1v) is 9.85. The average Bonchev–Trinajstić information content (AvgIpc) is 3.52. The van der Waals surface area contributed by atoms with Gasteiger partial charge in [0.1, 0.15) is 0 Å². The predicted molar refractivity (Wildman–Crippen MR) is 104 cm³/mol. The molecule has 7 rings (SSSR count). The first-order chi connectivity index (χ1) is 13.7. The maximum atomic E-state index is 13.1. The molecule has 0 radical (unpaired) electrons. The summed E-state index contributed by atoms with van der Waals surface area (Å²) in [5.74, 6) is 1.35. The fourth-order valence-corrected chi connectivity index (χ4v) is 5.49. The predicted octanol–water partition coefficient (Wildman–Crippen LogP) is 4.66. The zero-order chi connectivity index (χ0) is 18.8. The van der Waals surface area contributed by atoms with Crippen molar-refractivity contribution in [2.75, 3.05) is 4.90 Å². The molecule has 0 N–H and O–H groups in total. The molecule has 0 aromatic heterocycles. The fourth-order valence-electron chi connectivity index (χ4n) is 5.49. The van der Waals surface area contributed by atoms with E-state index in [1.165, 1.54) is 11.3 Å². The number of rotatable bonds is 3. The largest absolute Gasteiger partial charge is 0.274 e. The second kappa shape index (κ2) is 5.71. The van der Waals surface area contributed by atoms with Gasteiger partial charge < -0.3 is 0 Å². The van der Waals surface area contributed by atoms with Gasteiger partial charge >= 0.3 is 0 Å². The Balaban J connectivity index is 1.26. The molecule has 1 aliphatic heterocycles. The van der Waals surface area contributed by atoms with E-state index in [-0.39, 0.29) is 35.5 Å². The SMILES string of the molecule is O=C1[C@@H]2[C@H]3C=C[C@@H]([C@@H]4C[C@H]34)[C@@H]2C(=O)N1c1ccc(N=Nc2ccccc2)cc1. The van der Waals surface area contributed by atoms with Crippen LogP contribution in [0.3, 0.4) is 0 Å². The molecule has 2 amide bonds. The van der Waals surface area contributed by atoms with E-state index in [1.54, 1.807) is 24.3 Å². The molecular formula is C23H19N3O2. The summed E-state index contributed by atoms with van der Waals surface area (Å²) in [4.78, 5) is 27.7. The minimum absolute atomic E-state index is 0.0293. The van der Waals surface area contributed by atoms with E-state index < -0.39 is 0 Å². The van der Waals surface area contributed by atoms with Crippen LogP contribution >= 0.6 is 0 Å². The number of benzene rings is 2. The molecule has 1 saturated heterocycles. The summed E-state index contributed by atoms with van der Waals surface area (Å²) in [6, 6.07) is 16.7. The summed E-state index contributed by atoms with van der Waals surface area (Å²) in [5, 5.41) is 8.43. The number of imide groups is 1. The minimum Gasteiger partial charge on any atom is -0.274 e. The molecule has 6 atom stereocenters. The zero-order valence-corrected chi connectivity index (χ0v) is 15.2. The van der Waals surface area contributed by atoms with Gasteiger partial charge in [-0.05, 0) is 66.5 Å². The molecule has 2 aromatic rings. The first-order valence-electron chi connectivity index (χ1n) is 9.85. The van der Waals surface area contributed by atoms with Crippen molar-refractivity contribution >= 4 is 28.9 Å². The summed E-state index contributed by atoms with van der Waals surface area (Å²) in [5.41, 5.74) is 2.10. The highest BCUT2D eigenvalue weighted by Gasteiger charge is 2.67. The lowest BCUT2D eigenvalue weighted by Crippen LogP contribution is -2.40. The number of hydrogen-bond donors (Lipinski definition) is 0. The molecule has 4 aliphatic carbocycles. The van der Waals surface area contributed by atoms with Crippen molar-refractivity contribution in [3.63, 3.8) is 0 Å². The highest BCUT2D eigenvalue weighted by molar-refractivity contribution is 6.22. The van der Waals surface area contributed by atoms with E-state index in [1.807, 2.05) is 30.3 Å². The van der Waals surface area contributed by atoms with Gasteiger partial charge in [0.2, 0.25) is 11.8 Å². The summed E-state index contributed by atoms with van der Waals surface area (Å²) in [6.45, 7) is 0. The van der Waals surface area contributed by atoms with Crippen molar-refractivity contribution in [2.45, 2.75) is 6.42 Å². The van der Waals surface area contributed by atoms with Gasteiger partial charge in [-0.1, -0.05) is 30.4 Å². The first kappa shape index (κ1) is 15.9. The van der Waals surface area contributed by atoms with Crippen LogP contribution in [-0.2, 0) is 9.59 Å². The van der Waals surface area contributed by atoms with Crippen LogP contribution in [0.5, 0.6) is 0 Å². The Bertz CT molecular complexity index is 992. The third-order valence-electron chi connectivity index (χ3n) is 6.81. The molecule has 1 heterocycles. The van der Waals surface area contributed by atoms with Gasteiger partial charge in [0.05, 0.1) is 28.9 Å². The lowest BCUT2D eigenvalue weighted by Gasteiger charge is -2.37. The molecule has 5 heteroatoms. The van der Waals surface area contributed by atoms with Crippen molar-refractivity contribution in [2.24, 2.45) is 45.7 Å². The van der Waals surface area contributed by atoms with Crippen molar-refractivity contribution < 1.29 is 9.59 Å². The van der Waals surface area contributed by atoms with Crippen LogP contribution in [0.4, 0.5) is 17.1 Å². The lowest BCUT2D eigenvalue weighted by atomic mass is 9.63. The Morgan fingerprint density at radius 3 is 1.82 bits per heavy atom. The molecule has 2 aromatic carbocycles. The van der Waals surface area contributed by atoms with Gasteiger partial charge in [-0.25, -0.2) is 0 Å². The molecule has 5 nitrogen and oxygen atoms in total. The maximum Gasteiger partial charge on any atom is 0.238 e. The second-order valence-electron chi connectivity index (χ2n) is 8.22. The van der Waals surface area contributed by atoms with Gasteiger partial charge in [0, 0.05) is 0 Å². The molecule has 2 saturated carbocycles. The number of allylic oxidation sites excluding steroid dienone is 2. The summed E-state index contributed by atoms with van der Waals surface area (Å²) in [7, 11) is 0. The molecule has 28 heavy (non-hydrogen) atoms. The van der Waals surface area contributed by atoms with E-state index in [0.717, 1.165) is 5.69 Å². The van der Waals surface area contributed by atoms with E-state index in [4.69, 9.17) is 0 Å². The van der Waals surface area contributed by atoms with Crippen molar-refractivity contribution in [1.29, 1.82) is 0 Å². The van der Waals surface area contributed by atoms with E-state index in [0.29, 0.717) is 23.2 Å². The number of anilines is 1. The average molecular weight is 369 g/mol. The van der Waals surface area contributed by atoms with Crippen LogP contribution < -0.4 is 4.90 Å². The topological polar surface area (TPSA) is 62.1 Å². The summed E-state index contributed by atoms with van der Waals surface area (Å²) >= 11 is 0. The Hall–Kier alpha value is -3.08. The van der Waals surface area contributed by atoms with Gasteiger partial charge in [0.25, 0.3) is 0 Å². The standard InChI is InChI=1S/C23H19N3O2/c27-22-20-16-10-11-17(19-12-18(16)19)21(20)23(28)26(22)15-8-6-14(7-9-15)25-24-13-4-2-1-3-5-13/h1-11,16-21H,12H2/t16-,17-,18-,19+,20-,21+/m0/s1. The van der Waals surface area contributed by atoms with Crippen LogP contribution in [0.1, 0.15) is 6.42 Å². The minimum atomic E-state index is -0.163. The van der Waals surface area contributed by atoms with Gasteiger partial charge in [0.15, 0.2) is 0 Å². The number of nitrogens with zero attached hydrogens (tertiary/aromatic N) is 3. The van der Waals surface area contributed by atoms with Crippen LogP contribution in [0.2, 0.25) is 0 Å². The molecule has 138 valence electrons. The summed E-state index contributed by atoms with van der Waals surface area (Å²) in [6.07, 6.45) is 5.57. The van der Waals surface area contributed by atoms with E-state index in [9.17, 15) is 9.59 Å². The number of amides is 2. The molecule has 0 unspecified atom stereocenters. The van der Waals surface area contributed by atoms with Crippen molar-refractivity contribution in [3.05, 3.63) is 66.7 Å². The number of azo groups is 1. The van der Waals surface area contributed by atoms with Gasteiger partial charge in [-0.3, -0.25) is 14.5 Å². The monoisotopic (exact) mass is 369 g/mol. The lowest BCUT2D eigenvalue weighted by molar-refractivity contribution is -0.124. The third kappa shape index (κ3) is 2.19. The van der Waals surface area contributed by atoms with E-state index >= 15 is 0 Å². The zero-order valence-electron chi connectivity index (χ0n) is 15.2. The quantitative estimate of drug-likeness (QED) is 0.449. The Kier molecular flexibility index (Phi) is 3.25. The Labute approximate surface area is 162 Å². The number of carbonyl (C=O) groups excluding carboxylic acids is 2. The maximum absolute atomic E-state index is 13.1. The van der Waals surface area contributed by atoms with E-state index in [2.05, 4.69) is 22.4 Å². The highest BCUT2D eigenvalue weighted by atomic mass is 16.2. The molecule has 0 spiro atoms. The Morgan fingerprint density at radius 2 is 1.25 bits per heavy atom. The van der Waals surface area contributed by atoms with Gasteiger partial charge in [-0.2, -0.15) is 10.2 Å². The fraction of sp³-hybridized carbons (Fsp3) is 0.304. The molecule has 5 aliphatic rings. The van der Waals surface area contributed by atoms with Crippen LogP contribution in [0.15, 0.2) is 77.0 Å². The smallest absolute Gasteiger partial charge is 0.238 e. The van der Waals surface area contributed by atoms with Crippen LogP contribution in [0.25, 0.3) is 0 Å². The Morgan fingerprint density at radius 1 is 0.714 bits per heavy atom. The van der Waals surface area contributed by atoms with Crippen LogP contribution in [-0.4, -0.2) is 11.8 Å². The molecule has 2 bridgehead atoms. The normalized spacial score (nSPS) is 34.8. The van der Waals surface area contributed by atoms with Crippen molar-refractivity contribution in [1.82, 2.24) is 0 Å². The highest BCUT2D eigenvalue weighted by Crippen LogP contribution is 2.65. The van der Waals surface area contributed by atoms with Crippen LogP contribution in [0, 0.1) is 35.5 Å². The number of hydrogen-bond acceptors (Lipinski definition) is 4.